The molecule has 0 unspecified atom stereocenters. The van der Waals surface area contributed by atoms with E-state index in [1.165, 1.54) is 10.9 Å². The van der Waals surface area contributed by atoms with Gasteiger partial charge in [0.2, 0.25) is 0 Å². The second-order valence-electron chi connectivity index (χ2n) is 4.52. The summed E-state index contributed by atoms with van der Waals surface area (Å²) in [5.41, 5.74) is 1.50. The zero-order chi connectivity index (χ0) is 15.0. The Morgan fingerprint density at radius 2 is 2.14 bits per heavy atom. The van der Waals surface area contributed by atoms with Gasteiger partial charge in [-0.1, -0.05) is 11.6 Å². The molecule has 0 N–H and O–H groups in total. The van der Waals surface area contributed by atoms with Crippen LogP contribution in [0, 0.1) is 5.82 Å². The number of alkyl halides is 1. The highest BCUT2D eigenvalue weighted by Gasteiger charge is 2.13. The number of hydrogen-bond acceptors (Lipinski definition) is 2. The van der Waals surface area contributed by atoms with Crippen LogP contribution in [0.1, 0.15) is 10.7 Å². The SMILES string of the molecule is Fc1cc2nc(CCl)n(CCc3ccc(Cl)s3)c2cc1Br. The molecule has 0 spiro atoms. The fourth-order valence-electron chi connectivity index (χ4n) is 2.23. The summed E-state index contributed by atoms with van der Waals surface area (Å²) in [6.45, 7) is 0.730. The molecule has 7 heteroatoms. The average Bonchev–Trinajstić information content (AvgIpc) is 3.01. The number of thiophene rings is 1. The summed E-state index contributed by atoms with van der Waals surface area (Å²) in [4.78, 5) is 5.60. The topological polar surface area (TPSA) is 17.8 Å². The molecule has 0 amide bonds. The van der Waals surface area contributed by atoms with E-state index in [2.05, 4.69) is 20.9 Å². The number of imidazole rings is 1. The molecule has 0 saturated carbocycles. The molecule has 2 heterocycles. The van der Waals surface area contributed by atoms with Gasteiger partial charge in [0.25, 0.3) is 0 Å². The zero-order valence-electron chi connectivity index (χ0n) is 10.7. The monoisotopic (exact) mass is 406 g/mol. The Morgan fingerprint density at radius 3 is 2.81 bits per heavy atom. The molecule has 0 aliphatic carbocycles. The van der Waals surface area contributed by atoms with Gasteiger partial charge in [-0.3, -0.25) is 0 Å². The van der Waals surface area contributed by atoms with Gasteiger partial charge in [0.15, 0.2) is 0 Å². The largest absolute Gasteiger partial charge is 0.327 e. The van der Waals surface area contributed by atoms with E-state index in [9.17, 15) is 4.39 Å². The van der Waals surface area contributed by atoms with Crippen molar-refractivity contribution in [3.8, 4) is 0 Å². The lowest BCUT2D eigenvalue weighted by atomic mass is 10.3. The molecule has 2 nitrogen and oxygen atoms in total. The number of benzene rings is 1. The van der Waals surface area contributed by atoms with Crippen LogP contribution in [0.25, 0.3) is 11.0 Å². The Kier molecular flexibility index (Phi) is 4.54. The molecular formula is C14H10BrCl2FN2S. The number of nitrogens with zero attached hydrogens (tertiary/aromatic N) is 2. The lowest BCUT2D eigenvalue weighted by Gasteiger charge is -2.07. The quantitative estimate of drug-likeness (QED) is 0.512. The predicted molar refractivity (Wildman–Crippen MR) is 90.0 cm³/mol. The number of fused-ring (bicyclic) bond motifs is 1. The van der Waals surface area contributed by atoms with Crippen LogP contribution in [0.4, 0.5) is 4.39 Å². The highest BCUT2D eigenvalue weighted by Crippen LogP contribution is 2.26. The van der Waals surface area contributed by atoms with Crippen molar-refractivity contribution in [2.75, 3.05) is 0 Å². The van der Waals surface area contributed by atoms with Crippen LogP contribution in [-0.2, 0) is 18.8 Å². The van der Waals surface area contributed by atoms with Gasteiger partial charge in [-0.25, -0.2) is 9.37 Å². The van der Waals surface area contributed by atoms with Crippen LogP contribution in [0.5, 0.6) is 0 Å². The minimum atomic E-state index is -0.321. The number of rotatable bonds is 4. The normalized spacial score (nSPS) is 11.4. The number of hydrogen-bond donors (Lipinski definition) is 0. The Labute approximate surface area is 143 Å². The molecule has 2 aromatic heterocycles. The van der Waals surface area contributed by atoms with E-state index >= 15 is 0 Å². The van der Waals surface area contributed by atoms with Crippen LogP contribution in [-0.4, -0.2) is 9.55 Å². The molecule has 0 aliphatic rings. The third-order valence-corrected chi connectivity index (χ3v) is 5.34. The van der Waals surface area contributed by atoms with E-state index in [-0.39, 0.29) is 5.82 Å². The Bertz CT molecular complexity index is 800. The van der Waals surface area contributed by atoms with Crippen LogP contribution in [0.3, 0.4) is 0 Å². The van der Waals surface area contributed by atoms with E-state index < -0.39 is 0 Å². The van der Waals surface area contributed by atoms with Crippen LogP contribution in [0.15, 0.2) is 28.7 Å². The molecule has 21 heavy (non-hydrogen) atoms. The molecule has 0 saturated heterocycles. The van der Waals surface area contributed by atoms with Crippen LogP contribution >= 0.6 is 50.5 Å². The fourth-order valence-corrected chi connectivity index (χ4v) is 3.84. The number of aryl methyl sites for hydroxylation is 2. The average molecular weight is 408 g/mol. The first kappa shape index (κ1) is 15.3. The molecular weight excluding hydrogens is 398 g/mol. The fraction of sp³-hybridized carbons (Fsp3) is 0.214. The Hall–Kier alpha value is -0.620. The lowest BCUT2D eigenvalue weighted by Crippen LogP contribution is -2.04. The maximum absolute atomic E-state index is 13.6. The smallest absolute Gasteiger partial charge is 0.139 e. The first-order valence-electron chi connectivity index (χ1n) is 6.23. The summed E-state index contributed by atoms with van der Waals surface area (Å²) < 4.78 is 16.8. The first-order valence-corrected chi connectivity index (χ1v) is 8.75. The summed E-state index contributed by atoms with van der Waals surface area (Å²) >= 11 is 16.7. The minimum Gasteiger partial charge on any atom is -0.327 e. The third kappa shape index (κ3) is 3.11. The van der Waals surface area contributed by atoms with E-state index in [1.54, 1.807) is 17.4 Å². The number of aromatic nitrogens is 2. The van der Waals surface area contributed by atoms with E-state index in [0.29, 0.717) is 15.9 Å². The molecule has 3 rings (SSSR count). The Morgan fingerprint density at radius 1 is 1.33 bits per heavy atom. The van der Waals surface area contributed by atoms with E-state index in [4.69, 9.17) is 23.2 Å². The molecule has 0 fully saturated rings. The van der Waals surface area contributed by atoms with Crippen LogP contribution < -0.4 is 0 Å². The highest BCUT2D eigenvalue weighted by molar-refractivity contribution is 9.10. The van der Waals surface area contributed by atoms with E-state index in [1.807, 2.05) is 16.7 Å². The van der Waals surface area contributed by atoms with Crippen molar-refractivity contribution in [3.05, 3.63) is 49.6 Å². The second-order valence-corrected chi connectivity index (χ2v) is 7.45. The maximum atomic E-state index is 13.6. The summed E-state index contributed by atoms with van der Waals surface area (Å²) in [5.74, 6) is 0.712. The van der Waals surface area contributed by atoms with Gasteiger partial charge in [-0.05, 0) is 40.5 Å². The van der Waals surface area contributed by atoms with Gasteiger partial charge in [0.1, 0.15) is 11.6 Å². The van der Waals surface area contributed by atoms with Crippen molar-refractivity contribution in [2.45, 2.75) is 18.8 Å². The maximum Gasteiger partial charge on any atom is 0.139 e. The summed E-state index contributed by atoms with van der Waals surface area (Å²) in [6.07, 6.45) is 0.835. The minimum absolute atomic E-state index is 0.291. The summed E-state index contributed by atoms with van der Waals surface area (Å²) in [6, 6.07) is 7.08. The van der Waals surface area contributed by atoms with Crippen molar-refractivity contribution in [3.63, 3.8) is 0 Å². The van der Waals surface area contributed by atoms with Gasteiger partial charge in [-0.2, -0.15) is 0 Å². The zero-order valence-corrected chi connectivity index (χ0v) is 14.7. The van der Waals surface area contributed by atoms with Gasteiger partial charge in [0.05, 0.1) is 25.7 Å². The summed E-state index contributed by atoms with van der Waals surface area (Å²) in [7, 11) is 0. The van der Waals surface area contributed by atoms with E-state index in [0.717, 1.165) is 28.6 Å². The van der Waals surface area contributed by atoms with Crippen LogP contribution in [0.2, 0.25) is 4.34 Å². The van der Waals surface area contributed by atoms with Crippen molar-refractivity contribution in [1.29, 1.82) is 0 Å². The molecule has 0 bridgehead atoms. The predicted octanol–water partition coefficient (Wildman–Crippen LogP) is 5.63. The lowest BCUT2D eigenvalue weighted by molar-refractivity contribution is 0.622. The third-order valence-electron chi connectivity index (χ3n) is 3.20. The van der Waals surface area contributed by atoms with Gasteiger partial charge in [-0.15, -0.1) is 22.9 Å². The first-order chi connectivity index (χ1) is 10.1. The highest BCUT2D eigenvalue weighted by atomic mass is 79.9. The van der Waals surface area contributed by atoms with Gasteiger partial charge >= 0.3 is 0 Å². The number of halogens is 4. The Balaban J connectivity index is 1.97. The van der Waals surface area contributed by atoms with Crippen molar-refractivity contribution >= 4 is 61.5 Å². The molecule has 0 radical (unpaired) electrons. The second kappa shape index (κ2) is 6.24. The molecule has 0 aliphatic heterocycles. The summed E-state index contributed by atoms with van der Waals surface area (Å²) in [5, 5.41) is 0. The van der Waals surface area contributed by atoms with Crippen molar-refractivity contribution < 1.29 is 4.39 Å². The molecule has 1 aromatic carbocycles. The molecule has 110 valence electrons. The van der Waals surface area contributed by atoms with Gasteiger partial charge in [0, 0.05) is 17.5 Å². The molecule has 3 aromatic rings. The van der Waals surface area contributed by atoms with Crippen molar-refractivity contribution in [1.82, 2.24) is 9.55 Å². The van der Waals surface area contributed by atoms with Gasteiger partial charge < -0.3 is 4.57 Å². The van der Waals surface area contributed by atoms with Crippen molar-refractivity contribution in [2.24, 2.45) is 0 Å². The molecule has 0 atom stereocenters. The standard InChI is InChI=1S/C14H10BrCl2FN2S/c15-9-5-12-11(6-10(9)18)19-14(7-16)20(12)4-3-8-1-2-13(17)21-8/h1-2,5-6H,3-4,7H2.